The summed E-state index contributed by atoms with van der Waals surface area (Å²) in [6, 6.07) is 38.3. The zero-order valence-corrected chi connectivity index (χ0v) is 27.7. The molecule has 234 valence electrons. The summed E-state index contributed by atoms with van der Waals surface area (Å²) in [4.78, 5) is 13.2. The van der Waals surface area contributed by atoms with Gasteiger partial charge in [-0.05, 0) is 38.7 Å². The van der Waals surface area contributed by atoms with Crippen LogP contribution in [0.25, 0.3) is 0 Å². The molecular formula is C39H44O5Si. The summed E-state index contributed by atoms with van der Waals surface area (Å²) in [7, 11) is -1.42. The largest absolute Gasteiger partial charge is 0.497 e. The maximum atomic E-state index is 13.2. The van der Waals surface area contributed by atoms with Gasteiger partial charge >= 0.3 is 5.97 Å². The summed E-state index contributed by atoms with van der Waals surface area (Å²) in [5, 5.41) is 1.92. The molecule has 0 saturated heterocycles. The molecule has 4 aromatic rings. The van der Waals surface area contributed by atoms with E-state index >= 15 is 0 Å². The summed E-state index contributed by atoms with van der Waals surface area (Å²) in [6.07, 6.45) is 1.12. The first kappa shape index (κ1) is 33.7. The Morgan fingerprint density at radius 2 is 1.33 bits per heavy atom. The van der Waals surface area contributed by atoms with Crippen molar-refractivity contribution in [3.63, 3.8) is 0 Å². The molecule has 0 amide bonds. The number of benzene rings is 4. The topological polar surface area (TPSA) is 54.0 Å². The van der Waals surface area contributed by atoms with E-state index in [2.05, 4.69) is 58.2 Å². The van der Waals surface area contributed by atoms with Gasteiger partial charge in [-0.15, -0.1) is 13.2 Å². The van der Waals surface area contributed by atoms with E-state index in [9.17, 15) is 4.79 Å². The third-order valence-electron chi connectivity index (χ3n) is 7.88. The highest BCUT2D eigenvalue weighted by atomic mass is 28.4. The Balaban J connectivity index is 1.85. The second-order valence-electron chi connectivity index (χ2n) is 11.9. The predicted octanol–water partition coefficient (Wildman–Crippen LogP) is 7.57. The van der Waals surface area contributed by atoms with Crippen LogP contribution in [0, 0.1) is 0 Å². The normalized spacial score (nSPS) is 13.7. The van der Waals surface area contributed by atoms with Crippen molar-refractivity contribution in [2.45, 2.75) is 57.1 Å². The lowest BCUT2D eigenvalue weighted by Crippen LogP contribution is -2.68. The first-order valence-electron chi connectivity index (χ1n) is 15.2. The summed E-state index contributed by atoms with van der Waals surface area (Å²) in [5.41, 5.74) is 1.82. The Morgan fingerprint density at radius 3 is 1.80 bits per heavy atom. The first-order valence-corrected chi connectivity index (χ1v) is 17.2. The van der Waals surface area contributed by atoms with Gasteiger partial charge in [0.15, 0.2) is 6.10 Å². The zero-order chi connectivity index (χ0) is 32.3. The van der Waals surface area contributed by atoms with Gasteiger partial charge in [0.25, 0.3) is 8.32 Å². The van der Waals surface area contributed by atoms with E-state index in [1.54, 1.807) is 19.3 Å². The Bertz CT molecular complexity index is 1460. The van der Waals surface area contributed by atoms with E-state index in [0.29, 0.717) is 0 Å². The quantitative estimate of drug-likeness (QED) is 0.0780. The number of carbonyl (C=O) groups is 1. The fraction of sp³-hybridized carbons (Fsp3) is 0.256. The van der Waals surface area contributed by atoms with Crippen molar-refractivity contribution in [1.29, 1.82) is 0 Å². The maximum absolute atomic E-state index is 13.2. The fourth-order valence-electron chi connectivity index (χ4n) is 5.69. The third-order valence-corrected chi connectivity index (χ3v) is 12.9. The van der Waals surface area contributed by atoms with Crippen molar-refractivity contribution < 1.29 is 23.4 Å². The van der Waals surface area contributed by atoms with Gasteiger partial charge in [0.05, 0.1) is 20.1 Å². The van der Waals surface area contributed by atoms with E-state index in [-0.39, 0.29) is 18.1 Å². The van der Waals surface area contributed by atoms with Crippen LogP contribution in [0.3, 0.4) is 0 Å². The van der Waals surface area contributed by atoms with Gasteiger partial charge in [0, 0.05) is 0 Å². The Kier molecular flexibility index (Phi) is 11.7. The molecule has 0 aliphatic carbocycles. The molecule has 0 saturated carbocycles. The number of carbonyl (C=O) groups excluding carboxylic acids is 1. The highest BCUT2D eigenvalue weighted by molar-refractivity contribution is 6.99. The lowest BCUT2D eigenvalue weighted by Gasteiger charge is -2.46. The van der Waals surface area contributed by atoms with E-state index < -0.39 is 32.6 Å². The van der Waals surface area contributed by atoms with Gasteiger partial charge in [-0.1, -0.05) is 136 Å². The molecular weight excluding hydrogens is 577 g/mol. The predicted molar refractivity (Wildman–Crippen MR) is 184 cm³/mol. The lowest BCUT2D eigenvalue weighted by molar-refractivity contribution is -0.165. The summed E-state index contributed by atoms with van der Waals surface area (Å²) in [6.45, 7) is 14.9. The number of rotatable bonds is 15. The molecule has 0 unspecified atom stereocenters. The molecule has 0 N–H and O–H groups in total. The fourth-order valence-corrected chi connectivity index (χ4v) is 10.3. The minimum Gasteiger partial charge on any atom is -0.497 e. The van der Waals surface area contributed by atoms with Crippen LogP contribution in [0.1, 0.15) is 44.4 Å². The molecule has 45 heavy (non-hydrogen) atoms. The highest BCUT2D eigenvalue weighted by Crippen LogP contribution is 2.40. The smallest absolute Gasteiger partial charge is 0.310 e. The number of methoxy groups -OCH3 is 1. The van der Waals surface area contributed by atoms with Gasteiger partial charge in [0.2, 0.25) is 0 Å². The molecule has 0 spiro atoms. The van der Waals surface area contributed by atoms with Crippen LogP contribution in [0.5, 0.6) is 5.75 Å². The SMILES string of the molecule is C=CCC(=O)O[C@@H]([C@@H](C=C)O[Si](c1ccccc1)(c1ccccc1)C(C)(C)C)[C@@H](OCc1ccc(OC)cc1)c1ccccc1. The van der Waals surface area contributed by atoms with Crippen LogP contribution in [0.4, 0.5) is 0 Å². The van der Waals surface area contributed by atoms with Crippen LogP contribution in [0.2, 0.25) is 5.04 Å². The molecule has 0 heterocycles. The van der Waals surface area contributed by atoms with Gasteiger partial charge in [-0.25, -0.2) is 0 Å². The summed E-state index contributed by atoms with van der Waals surface area (Å²) >= 11 is 0. The second kappa shape index (κ2) is 15.7. The Morgan fingerprint density at radius 1 is 0.800 bits per heavy atom. The molecule has 5 nitrogen and oxygen atoms in total. The van der Waals surface area contributed by atoms with E-state index in [4.69, 9.17) is 18.6 Å². The standard InChI is InChI=1S/C39H44O5Si/c1-7-18-36(40)43-38(37(31-19-12-9-13-20-31)42-29-30-25-27-32(41-6)28-26-30)35(8-2)44-45(39(3,4)5,33-21-14-10-15-22-33)34-23-16-11-17-24-34/h7-17,19-28,35,37-38H,1-2,18,29H2,3-6H3/t35-,37+,38+/m1/s1. The molecule has 0 aliphatic rings. The number of esters is 1. The van der Waals surface area contributed by atoms with Crippen molar-refractivity contribution in [2.24, 2.45) is 0 Å². The molecule has 4 rings (SSSR count). The number of hydrogen-bond acceptors (Lipinski definition) is 5. The molecule has 0 radical (unpaired) electrons. The third kappa shape index (κ3) is 8.08. The number of ether oxygens (including phenoxy) is 3. The van der Waals surface area contributed by atoms with Gasteiger partial charge < -0.3 is 18.6 Å². The van der Waals surface area contributed by atoms with Crippen LogP contribution >= 0.6 is 0 Å². The molecule has 0 aliphatic heterocycles. The molecule has 0 bridgehead atoms. The van der Waals surface area contributed by atoms with Gasteiger partial charge in [0.1, 0.15) is 18.0 Å². The molecule has 0 aromatic heterocycles. The van der Waals surface area contributed by atoms with Crippen LogP contribution in [0.15, 0.2) is 141 Å². The van der Waals surface area contributed by atoms with Crippen molar-refractivity contribution in [3.8, 4) is 5.75 Å². The van der Waals surface area contributed by atoms with Crippen molar-refractivity contribution >= 4 is 24.7 Å². The van der Waals surface area contributed by atoms with Crippen LogP contribution in [-0.4, -0.2) is 33.6 Å². The van der Waals surface area contributed by atoms with Crippen LogP contribution in [-0.2, 0) is 25.3 Å². The van der Waals surface area contributed by atoms with Gasteiger partial charge in [-0.3, -0.25) is 4.79 Å². The second-order valence-corrected chi connectivity index (χ2v) is 16.2. The van der Waals surface area contributed by atoms with Crippen LogP contribution < -0.4 is 15.1 Å². The minimum atomic E-state index is -3.06. The molecule has 6 heteroatoms. The highest BCUT2D eigenvalue weighted by Gasteiger charge is 2.53. The Labute approximate surface area is 269 Å². The van der Waals surface area contributed by atoms with Gasteiger partial charge in [-0.2, -0.15) is 0 Å². The first-order chi connectivity index (χ1) is 21.7. The van der Waals surface area contributed by atoms with E-state index in [1.165, 1.54) is 0 Å². The minimum absolute atomic E-state index is 0.0551. The Hall–Kier alpha value is -4.23. The average molecular weight is 621 g/mol. The molecule has 4 aromatic carbocycles. The molecule has 0 fully saturated rings. The van der Waals surface area contributed by atoms with E-state index in [0.717, 1.165) is 27.2 Å². The molecule has 3 atom stereocenters. The average Bonchev–Trinajstić information content (AvgIpc) is 3.06. The van der Waals surface area contributed by atoms with Crippen molar-refractivity contribution in [1.82, 2.24) is 0 Å². The lowest BCUT2D eigenvalue weighted by atomic mass is 9.99. The zero-order valence-electron chi connectivity index (χ0n) is 26.7. The summed E-state index contributed by atoms with van der Waals surface area (Å²) in [5.74, 6) is 0.349. The number of hydrogen-bond donors (Lipinski definition) is 0. The van der Waals surface area contributed by atoms with Crippen molar-refractivity contribution in [3.05, 3.63) is 152 Å². The van der Waals surface area contributed by atoms with E-state index in [1.807, 2.05) is 91.0 Å². The maximum Gasteiger partial charge on any atom is 0.310 e. The monoisotopic (exact) mass is 620 g/mol. The van der Waals surface area contributed by atoms with Crippen molar-refractivity contribution in [2.75, 3.05) is 7.11 Å². The summed E-state index contributed by atoms with van der Waals surface area (Å²) < 4.78 is 25.8.